The third-order valence-electron chi connectivity index (χ3n) is 6.93. The third kappa shape index (κ3) is 9.55. The molecule has 47 heavy (non-hydrogen) atoms. The Hall–Kier alpha value is -5.39. The number of nitrogens with zero attached hydrogens (tertiary/aromatic N) is 3. The predicted molar refractivity (Wildman–Crippen MR) is 164 cm³/mol. The lowest BCUT2D eigenvalue weighted by molar-refractivity contribution is -0.385. The number of methoxy groups -OCH3 is 1. The summed E-state index contributed by atoms with van der Waals surface area (Å²) >= 11 is 0. The van der Waals surface area contributed by atoms with Crippen molar-refractivity contribution in [2.45, 2.75) is 45.5 Å². The number of phenols is 2. The van der Waals surface area contributed by atoms with Gasteiger partial charge < -0.3 is 34.5 Å². The molecule has 0 radical (unpaired) electrons. The summed E-state index contributed by atoms with van der Waals surface area (Å²) in [5, 5.41) is 58.5. The SMILES string of the molecule is CCOC(CCCNC(=O)Oc1ccc([N+](=O)[O-])cc1Cc1cc([N+](=O)[O-])cc(Cc2cc([N+](=O)[O-])ccc2O)c1O)(OC)OCC. The number of nitro groups is 3. The predicted octanol–water partition coefficient (Wildman–Crippen LogP) is 5.25. The van der Waals surface area contributed by atoms with Crippen LogP contribution in [-0.4, -0.2) is 63.9 Å². The van der Waals surface area contributed by atoms with Crippen LogP contribution in [0.1, 0.15) is 48.9 Å². The average molecular weight is 659 g/mol. The Morgan fingerprint density at radius 1 is 0.787 bits per heavy atom. The van der Waals surface area contributed by atoms with Crippen molar-refractivity contribution >= 4 is 23.2 Å². The van der Waals surface area contributed by atoms with Crippen LogP contribution in [0.2, 0.25) is 0 Å². The molecule has 1 amide bonds. The maximum absolute atomic E-state index is 12.7. The topological polar surface area (TPSA) is 236 Å². The minimum atomic E-state index is -1.28. The fraction of sp³-hybridized carbons (Fsp3) is 0.367. The molecule has 17 nitrogen and oxygen atoms in total. The first-order chi connectivity index (χ1) is 22.3. The summed E-state index contributed by atoms with van der Waals surface area (Å²) in [6.45, 7) is 4.32. The molecule has 3 N–H and O–H groups in total. The third-order valence-corrected chi connectivity index (χ3v) is 6.93. The molecular formula is C30H34N4O13. The number of carbonyl (C=O) groups is 1. The van der Waals surface area contributed by atoms with Crippen molar-refractivity contribution in [3.8, 4) is 17.2 Å². The number of amides is 1. The van der Waals surface area contributed by atoms with E-state index in [0.717, 1.165) is 42.5 Å². The first kappa shape index (κ1) is 36.1. The molecule has 0 aliphatic rings. The molecular weight excluding hydrogens is 624 g/mol. The van der Waals surface area contributed by atoms with Gasteiger partial charge in [0.1, 0.15) is 17.2 Å². The normalized spacial score (nSPS) is 11.2. The summed E-state index contributed by atoms with van der Waals surface area (Å²) in [7, 11) is 1.43. The van der Waals surface area contributed by atoms with Gasteiger partial charge in [-0.15, -0.1) is 0 Å². The first-order valence-electron chi connectivity index (χ1n) is 14.3. The highest BCUT2D eigenvalue weighted by Crippen LogP contribution is 2.36. The number of non-ortho nitro benzene ring substituents is 3. The second kappa shape index (κ2) is 16.3. The summed E-state index contributed by atoms with van der Waals surface area (Å²) in [4.78, 5) is 45.1. The molecule has 0 saturated carbocycles. The molecule has 0 bridgehead atoms. The molecule has 252 valence electrons. The van der Waals surface area contributed by atoms with E-state index in [-0.39, 0.29) is 70.9 Å². The molecule has 0 aliphatic heterocycles. The van der Waals surface area contributed by atoms with Crippen molar-refractivity contribution < 1.29 is 48.7 Å². The number of nitrogens with one attached hydrogen (secondary N) is 1. The van der Waals surface area contributed by atoms with E-state index in [9.17, 15) is 45.4 Å². The summed E-state index contributed by atoms with van der Waals surface area (Å²) in [5.74, 6) is -2.21. The smallest absolute Gasteiger partial charge is 0.412 e. The Morgan fingerprint density at radius 2 is 1.30 bits per heavy atom. The number of rotatable bonds is 17. The zero-order valence-corrected chi connectivity index (χ0v) is 25.8. The number of hydrogen-bond acceptors (Lipinski definition) is 13. The van der Waals surface area contributed by atoms with Gasteiger partial charge in [0.25, 0.3) is 23.0 Å². The van der Waals surface area contributed by atoms with E-state index in [2.05, 4.69) is 5.32 Å². The minimum Gasteiger partial charge on any atom is -0.508 e. The van der Waals surface area contributed by atoms with Crippen LogP contribution in [0.3, 0.4) is 0 Å². The van der Waals surface area contributed by atoms with E-state index in [1.165, 1.54) is 13.2 Å². The van der Waals surface area contributed by atoms with Crippen molar-refractivity contribution in [3.05, 3.63) is 101 Å². The highest BCUT2D eigenvalue weighted by Gasteiger charge is 2.31. The van der Waals surface area contributed by atoms with Gasteiger partial charge >= 0.3 is 6.09 Å². The molecule has 0 spiro atoms. The van der Waals surface area contributed by atoms with E-state index < -0.39 is 38.3 Å². The van der Waals surface area contributed by atoms with E-state index >= 15 is 0 Å². The second-order valence-corrected chi connectivity index (χ2v) is 10.0. The maximum atomic E-state index is 12.7. The van der Waals surface area contributed by atoms with Gasteiger partial charge in [0.15, 0.2) is 0 Å². The average Bonchev–Trinajstić information content (AvgIpc) is 3.02. The van der Waals surface area contributed by atoms with Crippen molar-refractivity contribution in [1.82, 2.24) is 5.32 Å². The first-order valence-corrected chi connectivity index (χ1v) is 14.3. The van der Waals surface area contributed by atoms with Gasteiger partial charge in [-0.2, -0.15) is 0 Å². The van der Waals surface area contributed by atoms with Crippen molar-refractivity contribution in [1.29, 1.82) is 0 Å². The molecule has 0 heterocycles. The molecule has 0 unspecified atom stereocenters. The Bertz CT molecular complexity index is 1620. The van der Waals surface area contributed by atoms with Gasteiger partial charge in [-0.25, -0.2) is 4.79 Å². The molecule has 3 aromatic carbocycles. The van der Waals surface area contributed by atoms with E-state index in [1.807, 2.05) is 0 Å². The van der Waals surface area contributed by atoms with E-state index in [4.69, 9.17) is 18.9 Å². The summed E-state index contributed by atoms with van der Waals surface area (Å²) in [6.07, 6.45) is -0.950. The lowest BCUT2D eigenvalue weighted by Gasteiger charge is -2.31. The highest BCUT2D eigenvalue weighted by atomic mass is 16.9. The molecule has 0 atom stereocenters. The van der Waals surface area contributed by atoms with Crippen LogP contribution < -0.4 is 10.1 Å². The molecule has 0 aliphatic carbocycles. The zero-order chi connectivity index (χ0) is 34.7. The van der Waals surface area contributed by atoms with Crippen LogP contribution in [0.15, 0.2) is 48.5 Å². The fourth-order valence-electron chi connectivity index (χ4n) is 4.75. The Morgan fingerprint density at radius 3 is 1.83 bits per heavy atom. The van der Waals surface area contributed by atoms with Crippen LogP contribution in [0.4, 0.5) is 21.9 Å². The van der Waals surface area contributed by atoms with Crippen LogP contribution in [0, 0.1) is 30.3 Å². The highest BCUT2D eigenvalue weighted by molar-refractivity contribution is 5.71. The van der Waals surface area contributed by atoms with Gasteiger partial charge in [-0.1, -0.05) is 0 Å². The molecule has 0 saturated heterocycles. The largest absolute Gasteiger partial charge is 0.508 e. The molecule has 17 heteroatoms. The van der Waals surface area contributed by atoms with Crippen LogP contribution in [-0.2, 0) is 27.1 Å². The Labute approximate surface area is 268 Å². The maximum Gasteiger partial charge on any atom is 0.412 e. The summed E-state index contributed by atoms with van der Waals surface area (Å²) in [5.41, 5.74) is -1.24. The molecule has 0 aromatic heterocycles. The number of nitro benzene ring substituents is 3. The quantitative estimate of drug-likeness (QED) is 0.0728. The minimum absolute atomic E-state index is 0.0160. The lowest BCUT2D eigenvalue weighted by Crippen LogP contribution is -2.39. The number of ether oxygens (including phenoxy) is 4. The summed E-state index contributed by atoms with van der Waals surface area (Å²) < 4.78 is 21.9. The van der Waals surface area contributed by atoms with Crippen molar-refractivity contribution in [2.24, 2.45) is 0 Å². The monoisotopic (exact) mass is 658 g/mol. The van der Waals surface area contributed by atoms with Gasteiger partial charge in [0.2, 0.25) is 0 Å². The van der Waals surface area contributed by atoms with Gasteiger partial charge in [-0.3, -0.25) is 30.3 Å². The van der Waals surface area contributed by atoms with Crippen molar-refractivity contribution in [2.75, 3.05) is 26.9 Å². The molecule has 3 rings (SSSR count). The lowest BCUT2D eigenvalue weighted by atomic mass is 9.95. The van der Waals surface area contributed by atoms with Gasteiger partial charge in [0.05, 0.1) is 14.8 Å². The molecule has 3 aromatic rings. The van der Waals surface area contributed by atoms with E-state index in [1.54, 1.807) is 13.8 Å². The van der Waals surface area contributed by atoms with Crippen LogP contribution in [0.25, 0.3) is 0 Å². The number of aromatic hydroxyl groups is 2. The second-order valence-electron chi connectivity index (χ2n) is 10.0. The number of phenolic OH excluding ortho intramolecular Hbond substituents is 2. The Balaban J connectivity index is 1.88. The standard InChI is InChI=1S/C30H34N4O13/c1-4-45-30(44-3,46-5-2)11-6-12-31-29(37)47-27-10-8-24(33(40)41)16-20(27)14-22-18-25(34(42)43)17-21(28(22)36)13-19-15-23(32(38)39)7-9-26(19)35/h7-10,15-18,35-36H,4-6,11-14H2,1-3H3,(H,31,37). The zero-order valence-electron chi connectivity index (χ0n) is 25.8. The Kier molecular flexibility index (Phi) is 12.5. The number of hydrogen-bond donors (Lipinski definition) is 3. The van der Waals surface area contributed by atoms with Crippen molar-refractivity contribution in [3.63, 3.8) is 0 Å². The number of benzene rings is 3. The summed E-state index contributed by atoms with van der Waals surface area (Å²) in [6, 6.07) is 8.72. The van der Waals surface area contributed by atoms with E-state index in [0.29, 0.717) is 19.6 Å². The number of carbonyl (C=O) groups excluding carboxylic acids is 1. The molecule has 0 fully saturated rings. The van der Waals surface area contributed by atoms with Gasteiger partial charge in [-0.05, 0) is 32.4 Å². The fourth-order valence-corrected chi connectivity index (χ4v) is 4.75. The van der Waals surface area contributed by atoms with Crippen LogP contribution in [0.5, 0.6) is 17.2 Å². The van der Waals surface area contributed by atoms with Crippen LogP contribution >= 0.6 is 0 Å². The van der Waals surface area contributed by atoms with Gasteiger partial charge in [0, 0.05) is 105 Å².